The fourth-order valence-electron chi connectivity index (χ4n) is 2.94. The van der Waals surface area contributed by atoms with E-state index in [4.69, 9.17) is 0 Å². The second-order valence-electron chi connectivity index (χ2n) is 7.84. The minimum Gasteiger partial charge on any atom is -0.538 e. The molecule has 0 saturated heterocycles. The van der Waals surface area contributed by atoms with Gasteiger partial charge < -0.3 is 19.8 Å². The molecule has 0 amide bonds. The lowest BCUT2D eigenvalue weighted by Crippen LogP contribution is -2.55. The first-order valence-corrected chi connectivity index (χ1v) is 9.55. The molecule has 0 spiro atoms. The molecule has 2 aromatic heterocycles. The predicted molar refractivity (Wildman–Crippen MR) is 99.0 cm³/mol. The van der Waals surface area contributed by atoms with Crippen LogP contribution in [0, 0.1) is 0 Å². The van der Waals surface area contributed by atoms with Crippen LogP contribution in [0.4, 0.5) is 0 Å². The number of nitrogens with zero attached hydrogens (tertiary/aromatic N) is 4. The fourth-order valence-corrected chi connectivity index (χ4v) is 2.94. The zero-order valence-electron chi connectivity index (χ0n) is 17.8. The first-order valence-electron chi connectivity index (χ1n) is 9.55. The van der Waals surface area contributed by atoms with Crippen LogP contribution in [0.3, 0.4) is 0 Å². The van der Waals surface area contributed by atoms with Gasteiger partial charge in [0.1, 0.15) is 30.3 Å². The van der Waals surface area contributed by atoms with E-state index in [1.54, 1.807) is 57.2 Å². The Labute approximate surface area is 166 Å². The number of hydrogen-bond donors (Lipinski definition) is 0. The Kier molecular flexibility index (Phi) is 8.40. The summed E-state index contributed by atoms with van der Waals surface area (Å²) in [5.41, 5.74) is -0.239. The van der Waals surface area contributed by atoms with Crippen molar-refractivity contribution in [2.75, 3.05) is 0 Å². The summed E-state index contributed by atoms with van der Waals surface area (Å²) in [6.45, 7) is 8.74. The molecule has 8 heteroatoms. The van der Waals surface area contributed by atoms with Gasteiger partial charge >= 0.3 is 11.6 Å². The van der Waals surface area contributed by atoms with Crippen LogP contribution in [0.25, 0.3) is 0 Å². The summed E-state index contributed by atoms with van der Waals surface area (Å²) in [5.74, 6) is -1.83. The van der Waals surface area contributed by atoms with E-state index < -0.39 is 11.9 Å². The third-order valence-corrected chi connectivity index (χ3v) is 4.42. The normalized spacial score (nSPS) is 11.1. The molecule has 0 fully saturated rings. The van der Waals surface area contributed by atoms with E-state index in [0.717, 1.165) is 19.4 Å². The maximum atomic E-state index is 10.8. The van der Waals surface area contributed by atoms with Crippen LogP contribution >= 0.6 is 0 Å². The molecule has 156 valence electrons. The zero-order chi connectivity index (χ0) is 21.5. The molecule has 2 aromatic rings. The molecule has 0 aliphatic heterocycles. The molecule has 28 heavy (non-hydrogen) atoms. The largest absolute Gasteiger partial charge is 0.538 e. The number of rotatable bonds is 7. The Morgan fingerprint density at radius 2 is 1.46 bits per heavy atom. The molecule has 0 N–H and O–H groups in total. The summed E-state index contributed by atoms with van der Waals surface area (Å²) >= 11 is 0. The minimum absolute atomic E-state index is 0.188. The average molecular weight is 393 g/mol. The average Bonchev–Trinajstić information content (AvgIpc) is 3.15. The molecular weight excluding hydrogens is 360 g/mol. The number of hydrogen-bond acceptors (Lipinski definition) is 4. The van der Waals surface area contributed by atoms with Crippen molar-refractivity contribution >= 4 is 11.9 Å². The molecule has 0 aliphatic carbocycles. The van der Waals surface area contributed by atoms with Gasteiger partial charge in [0.25, 0.3) is 0 Å². The topological polar surface area (TPSA) is 97.9 Å². The number of unbranched alkanes of at least 4 members (excludes halogenated alkanes) is 3. The lowest BCUT2D eigenvalue weighted by Gasteiger charge is -2.17. The molecule has 0 aromatic carbocycles. The highest BCUT2D eigenvalue weighted by Crippen LogP contribution is 2.06. The van der Waals surface area contributed by atoms with Crippen molar-refractivity contribution in [3.63, 3.8) is 0 Å². The Balaban J connectivity index is 0.000000283. The van der Waals surface area contributed by atoms with Crippen LogP contribution in [-0.2, 0) is 26.2 Å². The van der Waals surface area contributed by atoms with Gasteiger partial charge in [-0.05, 0) is 33.6 Å². The van der Waals surface area contributed by atoms with E-state index in [1.807, 2.05) is 20.8 Å². The molecule has 2 heterocycles. The first kappa shape index (κ1) is 23.4. The molecule has 0 unspecified atom stereocenters. The summed E-state index contributed by atoms with van der Waals surface area (Å²) in [6.07, 6.45) is 11.5. The van der Waals surface area contributed by atoms with Crippen LogP contribution in [0.2, 0.25) is 0 Å². The van der Waals surface area contributed by atoms with Gasteiger partial charge in [-0.3, -0.25) is 0 Å². The molecule has 0 radical (unpaired) electrons. The molecule has 8 nitrogen and oxygen atoms in total. The maximum Gasteiger partial charge on any atom is 0.305 e. The number of aryl methyl sites for hydroxylation is 3. The van der Waals surface area contributed by atoms with Crippen molar-refractivity contribution in [1.29, 1.82) is 0 Å². The van der Waals surface area contributed by atoms with E-state index in [9.17, 15) is 19.8 Å². The Hall–Kier alpha value is -2.64. The van der Waals surface area contributed by atoms with Crippen LogP contribution in [-0.4, -0.2) is 21.1 Å². The molecule has 0 bridgehead atoms. The zero-order valence-corrected chi connectivity index (χ0v) is 17.8. The standard InChI is InChI=1S/C11H18N2O2.C9H14N2O2/c1-3-4-5-6-7-13-9-8-12(2)10(13)11(14)15;1-9(2,3)11-6-5-10(4)7(11)8(12)13/h8-9H,3-7H2,1-2H3;5-6H,1-4H3. The number of aromatic nitrogens is 4. The van der Waals surface area contributed by atoms with Crippen LogP contribution in [0.15, 0.2) is 24.8 Å². The van der Waals surface area contributed by atoms with Gasteiger partial charge in [0.2, 0.25) is 0 Å². The van der Waals surface area contributed by atoms with E-state index in [-0.39, 0.29) is 17.2 Å². The number of carbonyl (C=O) groups is 2. The monoisotopic (exact) mass is 392 g/mol. The van der Waals surface area contributed by atoms with Crippen molar-refractivity contribution < 1.29 is 28.9 Å². The van der Waals surface area contributed by atoms with Crippen molar-refractivity contribution in [2.24, 2.45) is 14.1 Å². The van der Waals surface area contributed by atoms with Gasteiger partial charge in [0.05, 0.1) is 20.6 Å². The maximum absolute atomic E-state index is 10.8. The van der Waals surface area contributed by atoms with Crippen molar-refractivity contribution in [3.05, 3.63) is 36.4 Å². The molecular formula is C20H32N4O4. The van der Waals surface area contributed by atoms with E-state index in [2.05, 4.69) is 6.92 Å². The van der Waals surface area contributed by atoms with Crippen LogP contribution in [0.5, 0.6) is 0 Å². The Bertz CT molecular complexity index is 800. The van der Waals surface area contributed by atoms with Crippen molar-refractivity contribution in [2.45, 2.75) is 65.5 Å². The predicted octanol–water partition coefficient (Wildman–Crippen LogP) is -0.312. The molecule has 0 atom stereocenters. The Morgan fingerprint density at radius 1 is 0.929 bits per heavy atom. The van der Waals surface area contributed by atoms with E-state index in [0.29, 0.717) is 0 Å². The lowest BCUT2D eigenvalue weighted by atomic mass is 10.1. The van der Waals surface area contributed by atoms with Gasteiger partial charge in [-0.2, -0.15) is 0 Å². The van der Waals surface area contributed by atoms with Crippen LogP contribution < -0.4 is 19.3 Å². The van der Waals surface area contributed by atoms with Crippen molar-refractivity contribution in [3.8, 4) is 0 Å². The summed E-state index contributed by atoms with van der Waals surface area (Å²) in [4.78, 5) is 21.6. The highest BCUT2D eigenvalue weighted by atomic mass is 16.4. The number of carboxylic acid groups (broad SMARTS) is 2. The van der Waals surface area contributed by atoms with Gasteiger partial charge in [-0.25, -0.2) is 18.3 Å². The summed E-state index contributed by atoms with van der Waals surface area (Å²) in [6, 6.07) is 0. The van der Waals surface area contributed by atoms with E-state index in [1.165, 1.54) is 12.8 Å². The lowest BCUT2D eigenvalue weighted by molar-refractivity contribution is -0.756. The second kappa shape index (κ2) is 10.1. The fraction of sp³-hybridized carbons (Fsp3) is 0.600. The second-order valence-corrected chi connectivity index (χ2v) is 7.84. The summed E-state index contributed by atoms with van der Waals surface area (Å²) < 4.78 is 6.54. The van der Waals surface area contributed by atoms with Gasteiger partial charge in [-0.15, -0.1) is 0 Å². The molecule has 0 saturated carbocycles. The number of carbonyl (C=O) groups excluding carboxylic acids is 2. The molecule has 2 rings (SSSR count). The minimum atomic E-state index is -1.15. The third kappa shape index (κ3) is 6.21. The SMILES string of the molecule is CCCCCC[n+]1ccn(C)c1C(=O)[O-].Cn1cc[n+](C(C)(C)C)c1C(=O)[O-]. The van der Waals surface area contributed by atoms with Gasteiger partial charge in [0.15, 0.2) is 11.9 Å². The Morgan fingerprint density at radius 3 is 1.93 bits per heavy atom. The van der Waals surface area contributed by atoms with Gasteiger partial charge in [0, 0.05) is 0 Å². The number of imidazole rings is 2. The summed E-state index contributed by atoms with van der Waals surface area (Å²) in [7, 11) is 3.40. The van der Waals surface area contributed by atoms with Crippen LogP contribution in [0.1, 0.15) is 74.6 Å². The smallest absolute Gasteiger partial charge is 0.305 e. The molecule has 0 aliphatic rings. The highest BCUT2D eigenvalue weighted by molar-refractivity contribution is 5.80. The van der Waals surface area contributed by atoms with E-state index >= 15 is 0 Å². The summed E-state index contributed by atoms with van der Waals surface area (Å²) in [5, 5.41) is 21.6. The third-order valence-electron chi connectivity index (χ3n) is 4.42. The highest BCUT2D eigenvalue weighted by Gasteiger charge is 2.26. The first-order chi connectivity index (χ1) is 13.0. The number of aromatic carboxylic acids is 2. The van der Waals surface area contributed by atoms with Gasteiger partial charge in [-0.1, -0.05) is 19.8 Å². The quantitative estimate of drug-likeness (QED) is 0.477. The number of carboxylic acids is 2. The van der Waals surface area contributed by atoms with Crippen molar-refractivity contribution in [1.82, 2.24) is 9.13 Å².